The molecule has 3 aromatic heterocycles. The van der Waals surface area contributed by atoms with Crippen molar-refractivity contribution in [2.45, 2.75) is 13.8 Å². The zero-order valence-electron chi connectivity index (χ0n) is 15.4. The number of thiazole rings is 1. The Morgan fingerprint density at radius 2 is 2.00 bits per heavy atom. The summed E-state index contributed by atoms with van der Waals surface area (Å²) >= 11 is 1.56. The molecule has 2 N–H and O–H groups in total. The molecule has 142 valence electrons. The zero-order valence-corrected chi connectivity index (χ0v) is 16.2. The molecule has 0 spiro atoms. The summed E-state index contributed by atoms with van der Waals surface area (Å²) in [6, 6.07) is 7.92. The highest BCUT2D eigenvalue weighted by molar-refractivity contribution is 7.14. The van der Waals surface area contributed by atoms with Gasteiger partial charge in [0.05, 0.1) is 5.69 Å². The second kappa shape index (κ2) is 6.68. The van der Waals surface area contributed by atoms with Gasteiger partial charge in [0, 0.05) is 34.1 Å². The molecule has 0 atom stereocenters. The second-order valence-electron chi connectivity index (χ2n) is 6.45. The van der Waals surface area contributed by atoms with Gasteiger partial charge >= 0.3 is 0 Å². The van der Waals surface area contributed by atoms with Gasteiger partial charge in [0.25, 0.3) is 0 Å². The van der Waals surface area contributed by atoms with E-state index in [1.54, 1.807) is 11.3 Å². The number of anilines is 2. The number of nitrogens with zero attached hydrogens (tertiary/aromatic N) is 4. The van der Waals surface area contributed by atoms with Crippen molar-refractivity contribution in [3.05, 3.63) is 47.4 Å². The largest absolute Gasteiger partial charge is 0.486 e. The maximum absolute atomic E-state index is 5.64. The van der Waals surface area contributed by atoms with Gasteiger partial charge in [0.1, 0.15) is 19.5 Å². The highest BCUT2D eigenvalue weighted by atomic mass is 32.1. The number of aromatic nitrogens is 5. The van der Waals surface area contributed by atoms with E-state index in [0.717, 1.165) is 45.0 Å². The maximum atomic E-state index is 5.64. The molecule has 1 aliphatic rings. The Kier molecular flexibility index (Phi) is 4.01. The molecule has 0 aliphatic carbocycles. The van der Waals surface area contributed by atoms with Crippen molar-refractivity contribution < 1.29 is 9.47 Å². The summed E-state index contributed by atoms with van der Waals surface area (Å²) in [7, 11) is 0. The lowest BCUT2D eigenvalue weighted by atomic mass is 10.2. The predicted molar refractivity (Wildman–Crippen MR) is 107 cm³/mol. The topological polar surface area (TPSA) is 89.9 Å². The fraction of sp³-hybridized carbons (Fsp3) is 0.211. The fourth-order valence-corrected chi connectivity index (χ4v) is 4.09. The van der Waals surface area contributed by atoms with Crippen molar-refractivity contribution in [2.75, 3.05) is 18.5 Å². The summed E-state index contributed by atoms with van der Waals surface area (Å²) in [6.45, 7) is 5.25. The smallest absolute Gasteiger partial charge is 0.229 e. The van der Waals surface area contributed by atoms with Crippen molar-refractivity contribution in [1.82, 2.24) is 24.7 Å². The number of benzene rings is 1. The SMILES string of the molecule is Cc1cc(-c2csc(Nc3ccc4c(c3)OCCO4)n2)c(C)n1-c1ncn[nH]1. The second-order valence-corrected chi connectivity index (χ2v) is 7.31. The Hall–Kier alpha value is -3.33. The van der Waals surface area contributed by atoms with E-state index >= 15 is 0 Å². The Morgan fingerprint density at radius 3 is 2.82 bits per heavy atom. The van der Waals surface area contributed by atoms with Crippen molar-refractivity contribution >= 4 is 22.2 Å². The van der Waals surface area contributed by atoms with Crippen LogP contribution in [-0.4, -0.2) is 37.9 Å². The molecule has 4 heterocycles. The molecular formula is C19H18N6O2S. The minimum Gasteiger partial charge on any atom is -0.486 e. The van der Waals surface area contributed by atoms with Gasteiger partial charge in [-0.2, -0.15) is 10.1 Å². The zero-order chi connectivity index (χ0) is 19.1. The van der Waals surface area contributed by atoms with Gasteiger partial charge in [0.2, 0.25) is 5.95 Å². The van der Waals surface area contributed by atoms with Gasteiger partial charge in [-0.1, -0.05) is 0 Å². The number of nitrogens with one attached hydrogen (secondary N) is 2. The van der Waals surface area contributed by atoms with Crippen molar-refractivity contribution in [2.24, 2.45) is 0 Å². The number of rotatable bonds is 4. The van der Waals surface area contributed by atoms with Crippen LogP contribution in [0.3, 0.4) is 0 Å². The molecule has 0 saturated heterocycles. The van der Waals surface area contributed by atoms with Crippen LogP contribution >= 0.6 is 11.3 Å². The Bertz CT molecular complexity index is 1130. The van der Waals surface area contributed by atoms with Crippen LogP contribution in [0.4, 0.5) is 10.8 Å². The van der Waals surface area contributed by atoms with E-state index in [1.165, 1.54) is 6.33 Å². The van der Waals surface area contributed by atoms with Crippen molar-refractivity contribution in [3.63, 3.8) is 0 Å². The van der Waals surface area contributed by atoms with Crippen LogP contribution in [0, 0.1) is 13.8 Å². The molecule has 0 unspecified atom stereocenters. The molecule has 1 aliphatic heterocycles. The van der Waals surface area contributed by atoms with Crippen LogP contribution < -0.4 is 14.8 Å². The number of hydrogen-bond donors (Lipinski definition) is 2. The molecule has 0 amide bonds. The van der Waals surface area contributed by atoms with E-state index in [9.17, 15) is 0 Å². The van der Waals surface area contributed by atoms with E-state index in [2.05, 4.69) is 33.5 Å². The van der Waals surface area contributed by atoms with Crippen molar-refractivity contribution in [3.8, 4) is 28.7 Å². The summed E-state index contributed by atoms with van der Waals surface area (Å²) in [4.78, 5) is 9.02. The van der Waals surface area contributed by atoms with E-state index in [4.69, 9.17) is 14.5 Å². The summed E-state index contributed by atoms with van der Waals surface area (Å²) in [6.07, 6.45) is 1.51. The van der Waals surface area contributed by atoms with E-state index < -0.39 is 0 Å². The minimum absolute atomic E-state index is 0.568. The third-order valence-corrected chi connectivity index (χ3v) is 5.38. The van der Waals surface area contributed by atoms with Crippen LogP contribution in [0.25, 0.3) is 17.2 Å². The molecule has 0 fully saturated rings. The molecule has 28 heavy (non-hydrogen) atoms. The van der Waals surface area contributed by atoms with E-state index in [-0.39, 0.29) is 0 Å². The Morgan fingerprint density at radius 1 is 1.14 bits per heavy atom. The lowest BCUT2D eigenvalue weighted by molar-refractivity contribution is 0.171. The first-order valence-corrected chi connectivity index (χ1v) is 9.74. The number of hydrogen-bond acceptors (Lipinski definition) is 7. The van der Waals surface area contributed by atoms with Crippen LogP contribution in [0.1, 0.15) is 11.4 Å². The Balaban J connectivity index is 1.42. The van der Waals surface area contributed by atoms with Gasteiger partial charge in [-0.3, -0.25) is 4.57 Å². The molecule has 0 bridgehead atoms. The maximum Gasteiger partial charge on any atom is 0.229 e. The number of aromatic amines is 1. The highest BCUT2D eigenvalue weighted by Crippen LogP contribution is 2.35. The van der Waals surface area contributed by atoms with Gasteiger partial charge in [-0.15, -0.1) is 11.3 Å². The number of H-pyrrole nitrogens is 1. The highest BCUT2D eigenvalue weighted by Gasteiger charge is 2.17. The average Bonchev–Trinajstić information content (AvgIpc) is 3.43. The number of ether oxygens (including phenoxy) is 2. The lowest BCUT2D eigenvalue weighted by Crippen LogP contribution is -2.15. The lowest BCUT2D eigenvalue weighted by Gasteiger charge is -2.18. The van der Waals surface area contributed by atoms with Crippen LogP contribution in [-0.2, 0) is 0 Å². The van der Waals surface area contributed by atoms with Gasteiger partial charge in [-0.25, -0.2) is 10.1 Å². The number of fused-ring (bicyclic) bond motifs is 1. The van der Waals surface area contributed by atoms with Crippen LogP contribution in [0.2, 0.25) is 0 Å². The quantitative estimate of drug-likeness (QED) is 0.546. The molecular weight excluding hydrogens is 376 g/mol. The summed E-state index contributed by atoms with van der Waals surface area (Å²) < 4.78 is 13.2. The van der Waals surface area contributed by atoms with E-state index in [1.807, 2.05) is 35.1 Å². The molecule has 5 rings (SSSR count). The monoisotopic (exact) mass is 394 g/mol. The van der Waals surface area contributed by atoms with E-state index in [0.29, 0.717) is 19.2 Å². The summed E-state index contributed by atoms with van der Waals surface area (Å²) in [5.74, 6) is 2.23. The minimum atomic E-state index is 0.568. The first-order chi connectivity index (χ1) is 13.7. The van der Waals surface area contributed by atoms with Crippen molar-refractivity contribution in [1.29, 1.82) is 0 Å². The standard InChI is InChI=1S/C19H18N6O2S/c1-11-7-14(12(2)25(11)18-20-10-21-24-18)15-9-28-19(23-15)22-13-3-4-16-17(8-13)27-6-5-26-16/h3-4,7-10H,5-6H2,1-2H3,(H,22,23)(H,20,21,24). The van der Waals surface area contributed by atoms with Crippen LogP contribution in [0.15, 0.2) is 36.0 Å². The fourth-order valence-electron chi connectivity index (χ4n) is 3.35. The van der Waals surface area contributed by atoms with Gasteiger partial charge < -0.3 is 14.8 Å². The first kappa shape index (κ1) is 16.8. The first-order valence-electron chi connectivity index (χ1n) is 8.86. The summed E-state index contributed by atoms with van der Waals surface area (Å²) in [5.41, 5.74) is 5.03. The molecule has 0 saturated carbocycles. The van der Waals surface area contributed by atoms with Gasteiger partial charge in [-0.05, 0) is 32.0 Å². The molecule has 1 aromatic carbocycles. The number of aryl methyl sites for hydroxylation is 1. The van der Waals surface area contributed by atoms with Crippen LogP contribution in [0.5, 0.6) is 11.5 Å². The third kappa shape index (κ3) is 2.89. The molecule has 8 nitrogen and oxygen atoms in total. The molecule has 9 heteroatoms. The third-order valence-electron chi connectivity index (χ3n) is 4.62. The predicted octanol–water partition coefficient (Wildman–Crippen LogP) is 3.85. The molecule has 4 aromatic rings. The normalized spacial score (nSPS) is 12.9. The Labute approximate surface area is 165 Å². The average molecular weight is 394 g/mol. The summed E-state index contributed by atoms with van der Waals surface area (Å²) in [5, 5.41) is 13.1. The van der Waals surface area contributed by atoms with Gasteiger partial charge in [0.15, 0.2) is 16.6 Å². The molecule has 0 radical (unpaired) electrons.